The first-order valence-electron chi connectivity index (χ1n) is 6.56. The van der Waals surface area contributed by atoms with E-state index in [-0.39, 0.29) is 11.9 Å². The Hall–Kier alpha value is -2.03. The molecule has 3 nitrogen and oxygen atoms in total. The van der Waals surface area contributed by atoms with Gasteiger partial charge in [-0.15, -0.1) is 0 Å². The topological polar surface area (TPSA) is 35.5 Å². The molecular formula is C16H16O3. The summed E-state index contributed by atoms with van der Waals surface area (Å²) < 4.78 is 10.6. The Morgan fingerprint density at radius 2 is 1.74 bits per heavy atom. The van der Waals surface area contributed by atoms with Crippen molar-refractivity contribution >= 4 is 16.7 Å². The molecule has 1 aliphatic rings. The van der Waals surface area contributed by atoms with Gasteiger partial charge in [0.1, 0.15) is 11.5 Å². The summed E-state index contributed by atoms with van der Waals surface area (Å²) in [5, 5.41) is 2.11. The van der Waals surface area contributed by atoms with Crippen LogP contribution in [0.2, 0.25) is 0 Å². The molecule has 0 aliphatic heterocycles. The lowest BCUT2D eigenvalue weighted by Crippen LogP contribution is -2.26. The normalized spacial score (nSPS) is 15.0. The van der Waals surface area contributed by atoms with Crippen molar-refractivity contribution in [3.63, 3.8) is 0 Å². The molecule has 0 unspecified atom stereocenters. The van der Waals surface area contributed by atoms with Crippen LogP contribution in [-0.4, -0.2) is 13.1 Å². The molecule has 0 radical (unpaired) electrons. The highest BCUT2D eigenvalue weighted by atomic mass is 16.5. The first kappa shape index (κ1) is 12.0. The van der Waals surface area contributed by atoms with Crippen LogP contribution in [0.4, 0.5) is 0 Å². The molecule has 19 heavy (non-hydrogen) atoms. The van der Waals surface area contributed by atoms with E-state index in [1.165, 1.54) is 0 Å². The van der Waals surface area contributed by atoms with E-state index in [0.717, 1.165) is 35.8 Å². The van der Waals surface area contributed by atoms with Crippen LogP contribution >= 0.6 is 0 Å². The lowest BCUT2D eigenvalue weighted by molar-refractivity contribution is -0.141. The smallest absolute Gasteiger partial charge is 0.314 e. The molecular weight excluding hydrogens is 240 g/mol. The van der Waals surface area contributed by atoms with Crippen LogP contribution in [0.25, 0.3) is 10.8 Å². The molecule has 3 rings (SSSR count). The molecule has 98 valence electrons. The largest absolute Gasteiger partial charge is 0.497 e. The van der Waals surface area contributed by atoms with E-state index in [1.807, 2.05) is 36.4 Å². The Morgan fingerprint density at radius 3 is 2.37 bits per heavy atom. The summed E-state index contributed by atoms with van der Waals surface area (Å²) in [7, 11) is 1.64. The minimum absolute atomic E-state index is 0.0982. The number of methoxy groups -OCH3 is 1. The summed E-state index contributed by atoms with van der Waals surface area (Å²) in [5.41, 5.74) is 0. The Balaban J connectivity index is 1.85. The summed E-state index contributed by atoms with van der Waals surface area (Å²) in [6.07, 6.45) is 3.05. The van der Waals surface area contributed by atoms with E-state index in [9.17, 15) is 4.79 Å². The van der Waals surface area contributed by atoms with Gasteiger partial charge in [-0.1, -0.05) is 18.6 Å². The van der Waals surface area contributed by atoms with E-state index in [2.05, 4.69) is 0 Å². The van der Waals surface area contributed by atoms with Crippen molar-refractivity contribution in [3.05, 3.63) is 36.4 Å². The fourth-order valence-electron chi connectivity index (χ4n) is 2.24. The third-order valence-electron chi connectivity index (χ3n) is 3.68. The molecule has 0 amide bonds. The van der Waals surface area contributed by atoms with Crippen LogP contribution in [0.15, 0.2) is 36.4 Å². The van der Waals surface area contributed by atoms with E-state index in [1.54, 1.807) is 7.11 Å². The van der Waals surface area contributed by atoms with Gasteiger partial charge in [-0.2, -0.15) is 0 Å². The van der Waals surface area contributed by atoms with Crippen molar-refractivity contribution < 1.29 is 14.3 Å². The molecule has 0 spiro atoms. The number of benzene rings is 2. The van der Waals surface area contributed by atoms with Crippen molar-refractivity contribution in [2.45, 2.75) is 19.3 Å². The summed E-state index contributed by atoms with van der Waals surface area (Å²) in [6, 6.07) is 11.5. The summed E-state index contributed by atoms with van der Waals surface area (Å²) in [5.74, 6) is 1.40. The van der Waals surface area contributed by atoms with Gasteiger partial charge in [-0.05, 0) is 47.9 Å². The number of ether oxygens (including phenoxy) is 2. The SMILES string of the molecule is COc1ccc2ccc(OC(=O)C3CCC3)cc2c1. The van der Waals surface area contributed by atoms with Crippen LogP contribution in [0, 0.1) is 5.92 Å². The second-order valence-corrected chi connectivity index (χ2v) is 4.92. The van der Waals surface area contributed by atoms with E-state index < -0.39 is 0 Å². The minimum Gasteiger partial charge on any atom is -0.497 e. The van der Waals surface area contributed by atoms with Gasteiger partial charge in [0.05, 0.1) is 13.0 Å². The molecule has 0 atom stereocenters. The lowest BCUT2D eigenvalue weighted by atomic mass is 9.86. The highest BCUT2D eigenvalue weighted by Crippen LogP contribution is 2.29. The summed E-state index contributed by atoms with van der Waals surface area (Å²) in [4.78, 5) is 11.8. The molecule has 1 fully saturated rings. The maximum atomic E-state index is 11.8. The second kappa shape index (κ2) is 4.92. The van der Waals surface area contributed by atoms with Crippen molar-refractivity contribution in [1.29, 1.82) is 0 Å². The third kappa shape index (κ3) is 2.41. The predicted molar refractivity (Wildman–Crippen MR) is 73.5 cm³/mol. The van der Waals surface area contributed by atoms with Gasteiger partial charge in [0.15, 0.2) is 0 Å². The monoisotopic (exact) mass is 256 g/mol. The number of carbonyl (C=O) groups is 1. The van der Waals surface area contributed by atoms with E-state index in [0.29, 0.717) is 5.75 Å². The van der Waals surface area contributed by atoms with Gasteiger partial charge in [-0.25, -0.2) is 0 Å². The van der Waals surface area contributed by atoms with Crippen LogP contribution in [0.3, 0.4) is 0 Å². The van der Waals surface area contributed by atoms with Crippen LogP contribution in [-0.2, 0) is 4.79 Å². The number of fused-ring (bicyclic) bond motifs is 1. The molecule has 1 aliphatic carbocycles. The van der Waals surface area contributed by atoms with Crippen LogP contribution in [0.5, 0.6) is 11.5 Å². The van der Waals surface area contributed by atoms with Crippen molar-refractivity contribution in [1.82, 2.24) is 0 Å². The Labute approximate surface area is 112 Å². The Morgan fingerprint density at radius 1 is 1.05 bits per heavy atom. The molecule has 0 heterocycles. The quantitative estimate of drug-likeness (QED) is 0.622. The molecule has 0 aromatic heterocycles. The van der Waals surface area contributed by atoms with Gasteiger partial charge in [0.25, 0.3) is 0 Å². The zero-order valence-electron chi connectivity index (χ0n) is 10.9. The fraction of sp³-hybridized carbons (Fsp3) is 0.312. The number of hydrogen-bond acceptors (Lipinski definition) is 3. The first-order chi connectivity index (χ1) is 9.26. The summed E-state index contributed by atoms with van der Waals surface area (Å²) in [6.45, 7) is 0. The summed E-state index contributed by atoms with van der Waals surface area (Å²) >= 11 is 0. The molecule has 3 heteroatoms. The van der Waals surface area contributed by atoms with Gasteiger partial charge in [-0.3, -0.25) is 4.79 Å². The Kier molecular flexibility index (Phi) is 3.11. The van der Waals surface area contributed by atoms with Crippen LogP contribution < -0.4 is 9.47 Å². The molecule has 2 aromatic rings. The first-order valence-corrected chi connectivity index (χ1v) is 6.56. The van der Waals surface area contributed by atoms with Crippen molar-refractivity contribution in [2.24, 2.45) is 5.92 Å². The molecule has 2 aromatic carbocycles. The number of esters is 1. The average molecular weight is 256 g/mol. The van der Waals surface area contributed by atoms with E-state index in [4.69, 9.17) is 9.47 Å². The number of hydrogen-bond donors (Lipinski definition) is 0. The van der Waals surface area contributed by atoms with Crippen molar-refractivity contribution in [2.75, 3.05) is 7.11 Å². The standard InChI is InChI=1S/C16H16O3/c1-18-14-7-5-11-6-8-15(10-13(11)9-14)19-16(17)12-3-2-4-12/h5-10,12H,2-4H2,1H3. The zero-order valence-corrected chi connectivity index (χ0v) is 10.9. The van der Waals surface area contributed by atoms with Gasteiger partial charge in [0.2, 0.25) is 0 Å². The highest BCUT2D eigenvalue weighted by Gasteiger charge is 2.27. The maximum Gasteiger partial charge on any atom is 0.314 e. The van der Waals surface area contributed by atoms with Gasteiger partial charge < -0.3 is 9.47 Å². The van der Waals surface area contributed by atoms with E-state index >= 15 is 0 Å². The highest BCUT2D eigenvalue weighted by molar-refractivity contribution is 5.86. The Bertz CT molecular complexity index is 614. The number of carbonyl (C=O) groups excluding carboxylic acids is 1. The fourth-order valence-corrected chi connectivity index (χ4v) is 2.24. The predicted octanol–water partition coefficient (Wildman–Crippen LogP) is 3.55. The maximum absolute atomic E-state index is 11.8. The second-order valence-electron chi connectivity index (χ2n) is 4.92. The molecule has 1 saturated carbocycles. The van der Waals surface area contributed by atoms with Gasteiger partial charge >= 0.3 is 5.97 Å². The zero-order chi connectivity index (χ0) is 13.2. The third-order valence-corrected chi connectivity index (χ3v) is 3.68. The molecule has 0 bridgehead atoms. The molecule has 0 saturated heterocycles. The van der Waals surface area contributed by atoms with Crippen molar-refractivity contribution in [3.8, 4) is 11.5 Å². The lowest BCUT2D eigenvalue weighted by Gasteiger charge is -2.22. The van der Waals surface area contributed by atoms with Crippen LogP contribution in [0.1, 0.15) is 19.3 Å². The molecule has 0 N–H and O–H groups in total. The van der Waals surface area contributed by atoms with Gasteiger partial charge in [0, 0.05) is 0 Å². The number of rotatable bonds is 3. The average Bonchev–Trinajstić information content (AvgIpc) is 2.35. The minimum atomic E-state index is -0.103.